The number of aromatic hydroxyl groups is 2. The number of carbonyl (C=O) groups is 4. The number of aromatic carboxylic acids is 4. The summed E-state index contributed by atoms with van der Waals surface area (Å²) in [4.78, 5) is 103. The maximum Gasteiger partial charge on any atom is 0.351 e. The molecule has 0 radical (unpaired) electrons. The monoisotopic (exact) mass is 917 g/mol. The zero-order valence-corrected chi connectivity index (χ0v) is 35.2. The van der Waals surface area contributed by atoms with Crippen molar-refractivity contribution in [2.45, 2.75) is 53.0 Å². The Hall–Kier alpha value is -9.72. The predicted octanol–water partition coefficient (Wildman–Crippen LogP) is 5.83. The molecule has 8 N–H and O–H groups in total. The minimum absolute atomic E-state index is 0.0418. The van der Waals surface area contributed by atoms with E-state index in [1.54, 1.807) is 6.07 Å². The number of aliphatic imine (C=N–C) groups is 1. The summed E-state index contributed by atoms with van der Waals surface area (Å²) in [5, 5.41) is 87.4. The summed E-state index contributed by atoms with van der Waals surface area (Å²) in [5.74, 6) is -8.03. The van der Waals surface area contributed by atoms with Crippen LogP contribution >= 0.6 is 0 Å². The van der Waals surface area contributed by atoms with Gasteiger partial charge in [0.2, 0.25) is 23.7 Å². The third-order valence-corrected chi connectivity index (χ3v) is 9.71. The lowest BCUT2D eigenvalue weighted by atomic mass is 10.1. The molecule has 342 valence electrons. The second-order valence-corrected chi connectivity index (χ2v) is 14.0. The van der Waals surface area contributed by atoms with Gasteiger partial charge < -0.3 is 36.0 Å². The highest BCUT2D eigenvalue weighted by Gasteiger charge is 2.23. The number of anilines is 1. The zero-order valence-electron chi connectivity index (χ0n) is 35.2. The lowest BCUT2D eigenvalue weighted by Gasteiger charge is -2.13. The minimum Gasteiger partial charge on any atom is -0.502 e. The van der Waals surface area contributed by atoms with Gasteiger partial charge in [0.15, 0.2) is 5.69 Å². The van der Waals surface area contributed by atoms with Crippen LogP contribution in [0.4, 0.5) is 40.3 Å². The number of nitriles is 1. The number of azo groups is 2. The highest BCUT2D eigenvalue weighted by atomic mass is 16.4. The first-order chi connectivity index (χ1) is 31.8. The third-order valence-electron chi connectivity index (χ3n) is 9.71. The molecule has 0 aliphatic carbocycles. The van der Waals surface area contributed by atoms with Crippen LogP contribution in [-0.2, 0) is 6.54 Å². The number of benzene rings is 2. The number of aromatic nitrogens is 5. The summed E-state index contributed by atoms with van der Waals surface area (Å²) < 4.78 is 1.49. The first-order valence-electron chi connectivity index (χ1n) is 19.3. The van der Waals surface area contributed by atoms with Crippen molar-refractivity contribution in [3.63, 3.8) is 0 Å². The number of H-pyrrole nitrogens is 1. The molecule has 0 aliphatic heterocycles. The summed E-state index contributed by atoms with van der Waals surface area (Å²) in [6.07, 6.45) is 1.78. The largest absolute Gasteiger partial charge is 0.502 e. The molecule has 0 atom stereocenters. The number of carboxylic acid groups (broad SMARTS) is 4. The van der Waals surface area contributed by atoms with Gasteiger partial charge in [0.25, 0.3) is 16.8 Å². The van der Waals surface area contributed by atoms with Crippen LogP contribution in [0.1, 0.15) is 90.7 Å². The van der Waals surface area contributed by atoms with Crippen molar-refractivity contribution < 1.29 is 49.8 Å². The number of carboxylic acids is 4. The van der Waals surface area contributed by atoms with Gasteiger partial charge in [-0.1, -0.05) is 12.8 Å². The van der Waals surface area contributed by atoms with Gasteiger partial charge in [-0.2, -0.15) is 20.2 Å². The van der Waals surface area contributed by atoms with Gasteiger partial charge >= 0.3 is 29.6 Å². The second kappa shape index (κ2) is 20.6. The van der Waals surface area contributed by atoms with Crippen molar-refractivity contribution in [3.05, 3.63) is 118 Å². The van der Waals surface area contributed by atoms with Crippen LogP contribution in [0.5, 0.6) is 11.8 Å². The molecular weight excluding hydrogens is 883 g/mol. The Morgan fingerprint density at radius 3 is 1.85 bits per heavy atom. The zero-order chi connectivity index (χ0) is 49.3. The molecule has 2 aromatic carbocycles. The van der Waals surface area contributed by atoms with E-state index in [0.29, 0.717) is 30.3 Å². The molecule has 0 unspecified atom stereocenters. The number of hydrogen-bond donors (Lipinski definition) is 8. The minimum atomic E-state index is -1.47. The average Bonchev–Trinajstić information content (AvgIpc) is 3.26. The molecule has 0 fully saturated rings. The van der Waals surface area contributed by atoms with Gasteiger partial charge in [0.05, 0.1) is 28.8 Å². The first-order valence-corrected chi connectivity index (χ1v) is 19.3. The fraction of sp³-hybridized carbons (Fsp3) is 0.220. The normalized spacial score (nSPS) is 11.4. The summed E-state index contributed by atoms with van der Waals surface area (Å²) in [5.41, 5.74) is -6.91. The van der Waals surface area contributed by atoms with E-state index < -0.39 is 80.6 Å². The Morgan fingerprint density at radius 1 is 0.776 bits per heavy atom. The quantitative estimate of drug-likeness (QED) is 0.0179. The van der Waals surface area contributed by atoms with Gasteiger partial charge in [-0.15, -0.1) is 20.5 Å². The molecule has 0 amide bonds. The van der Waals surface area contributed by atoms with E-state index in [1.165, 1.54) is 20.8 Å². The van der Waals surface area contributed by atoms with Crippen LogP contribution in [0.25, 0.3) is 4.85 Å². The number of hydrogen-bond acceptors (Lipinski definition) is 18. The number of nitrogens with one attached hydrogen (secondary N) is 2. The second-order valence-electron chi connectivity index (χ2n) is 14.0. The Kier molecular flexibility index (Phi) is 14.9. The molecule has 26 heteroatoms. The Labute approximate surface area is 374 Å². The topological polar surface area (TPSA) is 394 Å². The predicted molar refractivity (Wildman–Crippen MR) is 232 cm³/mol. The number of nitrogens with zero attached hydrogens (tertiary/aromatic N) is 11. The number of aromatic amines is 1. The van der Waals surface area contributed by atoms with E-state index in [4.69, 9.17) is 6.57 Å². The molecule has 0 aliphatic rings. The van der Waals surface area contributed by atoms with E-state index in [1.807, 2.05) is 0 Å². The van der Waals surface area contributed by atoms with Crippen LogP contribution in [0.2, 0.25) is 0 Å². The van der Waals surface area contributed by atoms with Crippen molar-refractivity contribution in [3.8, 4) is 17.8 Å². The van der Waals surface area contributed by atoms with E-state index >= 15 is 0 Å². The summed E-state index contributed by atoms with van der Waals surface area (Å²) in [7, 11) is 0. The van der Waals surface area contributed by atoms with Gasteiger partial charge in [0.1, 0.15) is 34.5 Å². The fourth-order valence-electron chi connectivity index (χ4n) is 6.29. The number of unbranched alkanes of at least 4 members (excludes halogenated alkanes) is 3. The Bertz CT molecular complexity index is 3250. The Morgan fingerprint density at radius 2 is 1.33 bits per heavy atom. The molecule has 0 saturated heterocycles. The van der Waals surface area contributed by atoms with Crippen LogP contribution in [0.15, 0.2) is 76.2 Å². The van der Waals surface area contributed by atoms with Crippen molar-refractivity contribution >= 4 is 70.0 Å². The van der Waals surface area contributed by atoms with E-state index in [2.05, 4.69) is 50.6 Å². The van der Waals surface area contributed by atoms with Crippen molar-refractivity contribution in [1.29, 1.82) is 5.26 Å². The van der Waals surface area contributed by atoms with Gasteiger partial charge in [-0.05, 0) is 75.6 Å². The van der Waals surface area contributed by atoms with E-state index in [9.17, 15) is 69.5 Å². The molecule has 3 heterocycles. The maximum atomic E-state index is 13.7. The van der Waals surface area contributed by atoms with E-state index in [-0.39, 0.29) is 70.0 Å². The molecule has 0 saturated carbocycles. The smallest absolute Gasteiger partial charge is 0.351 e. The standard InChI is InChI=1S/C41H35N13O13/c1-18-25(17-42)31(55)53(32(56)29(18)51-49-26-15-21(35(59)60)9-11-23(26)37(63)64)14-8-6-5-7-13-44-39-46-40(48-41(67)47-39)45-20(3)54-33(57)28(43-4)19(2)30(34(54)58)52-50-27-16-22(36(61)62)10-12-24(27)38(65)66/h9-12,15-16,55,57H,5-8,13-14H2,1-3H3,(H,59,60)(H,61,62)(H,63,64)(H,65,66)(H2,44,46,47,48,67). The molecule has 0 bridgehead atoms. The lowest BCUT2D eigenvalue weighted by Crippen LogP contribution is -2.26. The summed E-state index contributed by atoms with van der Waals surface area (Å²) in [6.45, 7) is 11.6. The Balaban J connectivity index is 1.28. The summed E-state index contributed by atoms with van der Waals surface area (Å²) >= 11 is 0. The van der Waals surface area contributed by atoms with Crippen molar-refractivity contribution in [2.24, 2.45) is 25.4 Å². The molecule has 5 rings (SSSR count). The van der Waals surface area contributed by atoms with Crippen LogP contribution in [0.3, 0.4) is 0 Å². The van der Waals surface area contributed by atoms with Crippen molar-refractivity contribution in [2.75, 3.05) is 11.9 Å². The molecular formula is C41H35N13O13. The van der Waals surface area contributed by atoms with Gasteiger partial charge in [-0.3, -0.25) is 19.1 Å². The first kappa shape index (κ1) is 48.3. The highest BCUT2D eigenvalue weighted by Crippen LogP contribution is 2.35. The van der Waals surface area contributed by atoms with E-state index in [0.717, 1.165) is 41.0 Å². The number of pyridine rings is 2. The average molecular weight is 918 g/mol. The molecule has 67 heavy (non-hydrogen) atoms. The number of rotatable bonds is 17. The molecule has 5 aromatic rings. The molecule has 3 aromatic heterocycles. The fourth-order valence-corrected chi connectivity index (χ4v) is 6.29. The van der Waals surface area contributed by atoms with Crippen LogP contribution < -0.4 is 22.1 Å². The van der Waals surface area contributed by atoms with Crippen molar-refractivity contribution in [1.82, 2.24) is 24.1 Å². The van der Waals surface area contributed by atoms with Gasteiger partial charge in [0, 0.05) is 18.7 Å². The molecule has 26 nitrogen and oxygen atoms in total. The van der Waals surface area contributed by atoms with Crippen LogP contribution in [-0.4, -0.2) is 91.0 Å². The highest BCUT2D eigenvalue weighted by molar-refractivity contribution is 5.97. The third kappa shape index (κ3) is 10.7. The van der Waals surface area contributed by atoms with Gasteiger partial charge in [-0.25, -0.2) is 33.4 Å². The molecule has 0 spiro atoms. The SMILES string of the molecule is [C-]#[N+]c1c(C)c(N=Nc2cc(C(=O)O)ccc2C(=O)O)c(=O)n(C(C)=Nc2nc(NCCCCCCn3c(O)c(C#N)c(C)c(N=Nc4cc(C(=O)O)ccc4C(=O)O)c3=O)nc(=O)[nH]2)c1O. The summed E-state index contributed by atoms with van der Waals surface area (Å²) in [6, 6.07) is 7.79. The maximum absolute atomic E-state index is 13.7. The van der Waals surface area contributed by atoms with Crippen LogP contribution in [0, 0.1) is 31.8 Å². The lowest BCUT2D eigenvalue weighted by molar-refractivity contribution is 0.0682.